The van der Waals surface area contributed by atoms with Gasteiger partial charge in [0.15, 0.2) is 5.82 Å². The van der Waals surface area contributed by atoms with E-state index < -0.39 is 0 Å². The normalized spacial score (nSPS) is 10.5. The zero-order chi connectivity index (χ0) is 10.7. The lowest BCUT2D eigenvalue weighted by molar-refractivity contribution is 0.174. The number of hydrogen-bond donors (Lipinski definition) is 0. The molecular formula is C9H8ClN3O2. The summed E-state index contributed by atoms with van der Waals surface area (Å²) in [6, 6.07) is 3.43. The van der Waals surface area contributed by atoms with Crippen molar-refractivity contribution in [3.63, 3.8) is 0 Å². The molecule has 15 heavy (non-hydrogen) atoms. The summed E-state index contributed by atoms with van der Waals surface area (Å²) in [5.74, 6) is 0.911. The van der Waals surface area contributed by atoms with E-state index in [1.165, 1.54) is 0 Å². The lowest BCUT2D eigenvalue weighted by Gasteiger charge is -1.92. The molecule has 0 unspecified atom stereocenters. The molecule has 0 radical (unpaired) electrons. The summed E-state index contributed by atoms with van der Waals surface area (Å²) in [5, 5.41) is 4.16. The second-order valence-electron chi connectivity index (χ2n) is 2.82. The fourth-order valence-electron chi connectivity index (χ4n) is 1.06. The number of methoxy groups -OCH3 is 1. The van der Waals surface area contributed by atoms with Crippen molar-refractivity contribution < 1.29 is 9.26 Å². The van der Waals surface area contributed by atoms with Crippen LogP contribution in [0.1, 0.15) is 5.82 Å². The van der Waals surface area contributed by atoms with Gasteiger partial charge in [-0.2, -0.15) is 4.98 Å². The van der Waals surface area contributed by atoms with Crippen LogP contribution in [0, 0.1) is 0 Å². The number of hydrogen-bond acceptors (Lipinski definition) is 5. The van der Waals surface area contributed by atoms with E-state index in [9.17, 15) is 0 Å². The first-order chi connectivity index (χ1) is 7.29. The minimum Gasteiger partial charge on any atom is -0.377 e. The number of rotatable bonds is 3. The van der Waals surface area contributed by atoms with Crippen LogP contribution in [0.2, 0.25) is 5.15 Å². The van der Waals surface area contributed by atoms with Crippen molar-refractivity contribution in [2.24, 2.45) is 0 Å². The van der Waals surface area contributed by atoms with Crippen LogP contribution in [0.4, 0.5) is 0 Å². The highest BCUT2D eigenvalue weighted by Crippen LogP contribution is 2.17. The lowest BCUT2D eigenvalue weighted by Crippen LogP contribution is -1.89. The van der Waals surface area contributed by atoms with Crippen LogP contribution in [0.25, 0.3) is 11.5 Å². The Morgan fingerprint density at radius 1 is 1.47 bits per heavy atom. The molecule has 0 atom stereocenters. The third-order valence-electron chi connectivity index (χ3n) is 1.72. The highest BCUT2D eigenvalue weighted by Gasteiger charge is 2.08. The molecule has 0 aliphatic heterocycles. The number of halogens is 1. The fraction of sp³-hybridized carbons (Fsp3) is 0.222. The van der Waals surface area contributed by atoms with Crippen molar-refractivity contribution in [1.29, 1.82) is 0 Å². The minimum atomic E-state index is 0.324. The van der Waals surface area contributed by atoms with E-state index in [4.69, 9.17) is 20.9 Å². The average Bonchev–Trinajstić information content (AvgIpc) is 2.68. The Morgan fingerprint density at radius 3 is 3.00 bits per heavy atom. The standard InChI is InChI=1S/C9H8ClN3O2/c1-14-5-8-12-9(15-13-8)6-2-3-7(10)11-4-6/h2-4H,5H2,1H3. The third-order valence-corrected chi connectivity index (χ3v) is 1.94. The SMILES string of the molecule is COCc1noc(-c2ccc(Cl)nc2)n1. The summed E-state index contributed by atoms with van der Waals surface area (Å²) in [5.41, 5.74) is 0.731. The Bertz CT molecular complexity index is 441. The predicted octanol–water partition coefficient (Wildman–Crippen LogP) is 1.93. The number of nitrogens with zero attached hydrogens (tertiary/aromatic N) is 3. The molecule has 2 heterocycles. The van der Waals surface area contributed by atoms with Crippen LogP contribution in [0.3, 0.4) is 0 Å². The maximum atomic E-state index is 5.66. The van der Waals surface area contributed by atoms with Crippen LogP contribution in [0.5, 0.6) is 0 Å². The molecule has 0 bridgehead atoms. The Hall–Kier alpha value is -1.46. The molecule has 0 saturated heterocycles. The summed E-state index contributed by atoms with van der Waals surface area (Å²) in [6.07, 6.45) is 1.58. The highest BCUT2D eigenvalue weighted by molar-refractivity contribution is 6.29. The molecule has 0 spiro atoms. The molecule has 0 saturated carbocycles. The summed E-state index contributed by atoms with van der Waals surface area (Å²) in [7, 11) is 1.57. The smallest absolute Gasteiger partial charge is 0.259 e. The second kappa shape index (κ2) is 4.37. The highest BCUT2D eigenvalue weighted by atomic mass is 35.5. The second-order valence-corrected chi connectivity index (χ2v) is 3.21. The first-order valence-electron chi connectivity index (χ1n) is 4.23. The fourth-order valence-corrected chi connectivity index (χ4v) is 1.17. The Morgan fingerprint density at radius 2 is 2.33 bits per heavy atom. The van der Waals surface area contributed by atoms with Gasteiger partial charge >= 0.3 is 0 Å². The maximum Gasteiger partial charge on any atom is 0.259 e. The van der Waals surface area contributed by atoms with Gasteiger partial charge < -0.3 is 9.26 Å². The third kappa shape index (κ3) is 2.31. The van der Waals surface area contributed by atoms with Crippen molar-refractivity contribution in [2.75, 3.05) is 7.11 Å². The predicted molar refractivity (Wildman–Crippen MR) is 53.3 cm³/mol. The Labute approximate surface area is 91.0 Å². The summed E-state index contributed by atoms with van der Waals surface area (Å²) < 4.78 is 9.89. The molecule has 6 heteroatoms. The van der Waals surface area contributed by atoms with Gasteiger partial charge in [0.05, 0.1) is 5.56 Å². The molecule has 2 aromatic heterocycles. The van der Waals surface area contributed by atoms with E-state index in [0.29, 0.717) is 23.5 Å². The molecule has 0 N–H and O–H groups in total. The molecule has 0 fully saturated rings. The first kappa shape index (κ1) is 10.1. The molecule has 5 nitrogen and oxygen atoms in total. The van der Waals surface area contributed by atoms with Crippen LogP contribution in [-0.2, 0) is 11.3 Å². The van der Waals surface area contributed by atoms with Gasteiger partial charge in [0, 0.05) is 13.3 Å². The molecule has 0 aromatic carbocycles. The van der Waals surface area contributed by atoms with Crippen LogP contribution < -0.4 is 0 Å². The molecule has 2 aromatic rings. The van der Waals surface area contributed by atoms with Crippen molar-refractivity contribution >= 4 is 11.6 Å². The van der Waals surface area contributed by atoms with Crippen LogP contribution in [-0.4, -0.2) is 22.2 Å². The Kier molecular flexibility index (Phi) is 2.94. The van der Waals surface area contributed by atoms with E-state index in [1.54, 1.807) is 25.4 Å². The lowest BCUT2D eigenvalue weighted by atomic mass is 10.3. The monoisotopic (exact) mass is 225 g/mol. The molecule has 2 rings (SSSR count). The molecule has 0 amide bonds. The van der Waals surface area contributed by atoms with Crippen LogP contribution >= 0.6 is 11.6 Å². The molecule has 0 aliphatic carbocycles. The van der Waals surface area contributed by atoms with Crippen LogP contribution in [0.15, 0.2) is 22.9 Å². The van der Waals surface area contributed by atoms with Gasteiger partial charge in [-0.05, 0) is 12.1 Å². The van der Waals surface area contributed by atoms with Gasteiger partial charge in [-0.1, -0.05) is 16.8 Å². The summed E-state index contributed by atoms with van der Waals surface area (Å²) in [4.78, 5) is 8.03. The summed E-state index contributed by atoms with van der Waals surface area (Å²) >= 11 is 5.66. The minimum absolute atomic E-state index is 0.324. The van der Waals surface area contributed by atoms with E-state index in [1.807, 2.05) is 0 Å². The van der Waals surface area contributed by atoms with Gasteiger partial charge in [0.2, 0.25) is 0 Å². The summed E-state index contributed by atoms with van der Waals surface area (Å²) in [6.45, 7) is 0.324. The van der Waals surface area contributed by atoms with Gasteiger partial charge in [-0.3, -0.25) is 0 Å². The van der Waals surface area contributed by atoms with Gasteiger partial charge in [0.25, 0.3) is 5.89 Å². The van der Waals surface area contributed by atoms with Crippen molar-refractivity contribution in [2.45, 2.75) is 6.61 Å². The molecular weight excluding hydrogens is 218 g/mol. The van der Waals surface area contributed by atoms with Crippen molar-refractivity contribution in [3.05, 3.63) is 29.3 Å². The van der Waals surface area contributed by atoms with Crippen molar-refractivity contribution in [1.82, 2.24) is 15.1 Å². The zero-order valence-electron chi connectivity index (χ0n) is 7.98. The largest absolute Gasteiger partial charge is 0.377 e. The molecule has 0 aliphatic rings. The van der Waals surface area contributed by atoms with E-state index in [0.717, 1.165) is 5.56 Å². The number of aromatic nitrogens is 3. The van der Waals surface area contributed by atoms with E-state index in [-0.39, 0.29) is 0 Å². The topological polar surface area (TPSA) is 61.0 Å². The Balaban J connectivity index is 2.25. The first-order valence-corrected chi connectivity index (χ1v) is 4.61. The zero-order valence-corrected chi connectivity index (χ0v) is 8.73. The average molecular weight is 226 g/mol. The van der Waals surface area contributed by atoms with Gasteiger partial charge in [-0.15, -0.1) is 0 Å². The van der Waals surface area contributed by atoms with Gasteiger partial charge in [-0.25, -0.2) is 4.98 Å². The van der Waals surface area contributed by atoms with Crippen molar-refractivity contribution in [3.8, 4) is 11.5 Å². The van der Waals surface area contributed by atoms with Gasteiger partial charge in [0.1, 0.15) is 11.8 Å². The molecule has 78 valence electrons. The maximum absolute atomic E-state index is 5.66. The quantitative estimate of drug-likeness (QED) is 0.747. The van der Waals surface area contributed by atoms with E-state index in [2.05, 4.69) is 15.1 Å². The van der Waals surface area contributed by atoms with E-state index >= 15 is 0 Å². The number of ether oxygens (including phenoxy) is 1. The number of pyridine rings is 1.